The Morgan fingerprint density at radius 2 is 1.85 bits per heavy atom. The summed E-state index contributed by atoms with van der Waals surface area (Å²) in [5, 5.41) is 9.88. The van der Waals surface area contributed by atoms with Gasteiger partial charge in [-0.1, -0.05) is 12.1 Å². The zero-order valence-corrected chi connectivity index (χ0v) is 15.3. The summed E-state index contributed by atoms with van der Waals surface area (Å²) in [6, 6.07) is 14.1. The summed E-state index contributed by atoms with van der Waals surface area (Å²) in [6.45, 7) is 4.46. The van der Waals surface area contributed by atoms with Crippen molar-refractivity contribution in [1.82, 2.24) is 4.57 Å². The fraction of sp³-hybridized carbons (Fsp3) is 0.238. The van der Waals surface area contributed by atoms with Gasteiger partial charge in [-0.15, -0.1) is 0 Å². The Labute approximate surface area is 156 Å². The van der Waals surface area contributed by atoms with Crippen LogP contribution in [0.5, 0.6) is 5.75 Å². The minimum atomic E-state index is -0.901. The Morgan fingerprint density at radius 1 is 1.11 bits per heavy atom. The molecule has 6 heteroatoms. The SMILES string of the molecule is CCOCOc1ccc(C(=O)n2c(C)cc3c(CC(=O)O)cccc32)cc1. The van der Waals surface area contributed by atoms with E-state index in [-0.39, 0.29) is 19.1 Å². The number of carbonyl (C=O) groups excluding carboxylic acids is 1. The molecule has 0 atom stereocenters. The number of nitrogens with zero attached hydrogens (tertiary/aromatic N) is 1. The fourth-order valence-corrected chi connectivity index (χ4v) is 3.03. The normalized spacial score (nSPS) is 10.9. The predicted octanol–water partition coefficient (Wildman–Crippen LogP) is 3.64. The number of rotatable bonds is 7. The Bertz CT molecular complexity index is 972. The van der Waals surface area contributed by atoms with Gasteiger partial charge in [0.2, 0.25) is 0 Å². The molecule has 2 aromatic carbocycles. The summed E-state index contributed by atoms with van der Waals surface area (Å²) in [6.07, 6.45) is -0.0825. The highest BCUT2D eigenvalue weighted by molar-refractivity contribution is 6.04. The number of carbonyl (C=O) groups is 2. The predicted molar refractivity (Wildman–Crippen MR) is 101 cm³/mol. The number of aryl methyl sites for hydroxylation is 1. The van der Waals surface area contributed by atoms with Crippen molar-refractivity contribution in [2.45, 2.75) is 20.3 Å². The Kier molecular flexibility index (Phi) is 5.57. The van der Waals surface area contributed by atoms with Crippen LogP contribution in [-0.4, -0.2) is 34.9 Å². The van der Waals surface area contributed by atoms with Gasteiger partial charge in [-0.25, -0.2) is 0 Å². The van der Waals surface area contributed by atoms with Gasteiger partial charge in [-0.2, -0.15) is 0 Å². The molecule has 0 saturated heterocycles. The number of hydrogen-bond acceptors (Lipinski definition) is 4. The number of benzene rings is 2. The first kappa shape index (κ1) is 18.7. The van der Waals surface area contributed by atoms with Crippen LogP contribution in [0.1, 0.15) is 28.5 Å². The van der Waals surface area contributed by atoms with Crippen molar-refractivity contribution in [3.05, 3.63) is 65.4 Å². The lowest BCUT2D eigenvalue weighted by Gasteiger charge is -2.09. The Morgan fingerprint density at radius 3 is 2.52 bits per heavy atom. The van der Waals surface area contributed by atoms with Gasteiger partial charge < -0.3 is 14.6 Å². The van der Waals surface area contributed by atoms with Crippen molar-refractivity contribution in [2.24, 2.45) is 0 Å². The van der Waals surface area contributed by atoms with Gasteiger partial charge in [-0.05, 0) is 55.8 Å². The molecule has 0 amide bonds. The van der Waals surface area contributed by atoms with Crippen LogP contribution in [0.25, 0.3) is 10.9 Å². The first-order valence-corrected chi connectivity index (χ1v) is 8.68. The molecule has 140 valence electrons. The van der Waals surface area contributed by atoms with E-state index in [9.17, 15) is 9.59 Å². The van der Waals surface area contributed by atoms with Gasteiger partial charge in [0.05, 0.1) is 11.9 Å². The molecule has 0 radical (unpaired) electrons. The molecule has 0 aliphatic carbocycles. The van der Waals surface area contributed by atoms with Crippen molar-refractivity contribution < 1.29 is 24.2 Å². The van der Waals surface area contributed by atoms with Crippen LogP contribution < -0.4 is 4.74 Å². The minimum Gasteiger partial charge on any atom is -0.481 e. The van der Waals surface area contributed by atoms with Crippen LogP contribution in [0.4, 0.5) is 0 Å². The largest absolute Gasteiger partial charge is 0.481 e. The third-order valence-electron chi connectivity index (χ3n) is 4.28. The lowest BCUT2D eigenvalue weighted by Crippen LogP contribution is -2.13. The average molecular weight is 367 g/mol. The first-order valence-electron chi connectivity index (χ1n) is 8.68. The number of aliphatic carboxylic acids is 1. The van der Waals surface area contributed by atoms with Gasteiger partial charge in [0.15, 0.2) is 6.79 Å². The maximum Gasteiger partial charge on any atom is 0.307 e. The molecular formula is C21H21NO5. The summed E-state index contributed by atoms with van der Waals surface area (Å²) in [5.74, 6) is -0.453. The zero-order valence-electron chi connectivity index (χ0n) is 15.3. The van der Waals surface area contributed by atoms with Gasteiger partial charge in [0.1, 0.15) is 5.75 Å². The van der Waals surface area contributed by atoms with E-state index in [1.165, 1.54) is 0 Å². The molecular weight excluding hydrogens is 346 g/mol. The molecule has 0 aliphatic rings. The maximum atomic E-state index is 13.0. The molecule has 0 unspecified atom stereocenters. The van der Waals surface area contributed by atoms with Crippen LogP contribution in [-0.2, 0) is 16.0 Å². The molecule has 6 nitrogen and oxygen atoms in total. The second-order valence-corrected chi connectivity index (χ2v) is 6.13. The fourth-order valence-electron chi connectivity index (χ4n) is 3.03. The summed E-state index contributed by atoms with van der Waals surface area (Å²) in [5.41, 5.74) is 2.66. The Hall–Kier alpha value is -3.12. The molecule has 1 aromatic heterocycles. The molecule has 0 spiro atoms. The quantitative estimate of drug-likeness (QED) is 0.510. The second kappa shape index (κ2) is 8.05. The number of carboxylic acid groups (broad SMARTS) is 1. The molecule has 3 rings (SSSR count). The van der Waals surface area contributed by atoms with E-state index in [1.807, 2.05) is 26.0 Å². The standard InChI is InChI=1S/C21H21NO5/c1-3-26-13-27-17-9-7-15(8-10-17)21(25)22-14(2)11-18-16(12-20(23)24)5-4-6-19(18)22/h4-11H,3,12-13H2,1-2H3,(H,23,24). The van der Waals surface area contributed by atoms with Crippen molar-refractivity contribution in [2.75, 3.05) is 13.4 Å². The van der Waals surface area contributed by atoms with E-state index in [0.29, 0.717) is 29.0 Å². The Balaban J connectivity index is 1.91. The van der Waals surface area contributed by atoms with Crippen molar-refractivity contribution >= 4 is 22.8 Å². The maximum absolute atomic E-state index is 13.0. The van der Waals surface area contributed by atoms with Crippen molar-refractivity contribution in [3.63, 3.8) is 0 Å². The molecule has 27 heavy (non-hydrogen) atoms. The molecule has 0 aliphatic heterocycles. The first-order chi connectivity index (χ1) is 13.0. The smallest absolute Gasteiger partial charge is 0.307 e. The van der Waals surface area contributed by atoms with Crippen LogP contribution in [0, 0.1) is 6.92 Å². The number of ether oxygens (including phenoxy) is 2. The van der Waals surface area contributed by atoms with Gasteiger partial charge in [-0.3, -0.25) is 14.2 Å². The lowest BCUT2D eigenvalue weighted by molar-refractivity contribution is -0.136. The van der Waals surface area contributed by atoms with Crippen molar-refractivity contribution in [3.8, 4) is 5.75 Å². The highest BCUT2D eigenvalue weighted by Crippen LogP contribution is 2.25. The molecule has 0 bridgehead atoms. The minimum absolute atomic E-state index is 0.0825. The third-order valence-corrected chi connectivity index (χ3v) is 4.28. The summed E-state index contributed by atoms with van der Waals surface area (Å²) >= 11 is 0. The van der Waals surface area contributed by atoms with Gasteiger partial charge in [0.25, 0.3) is 5.91 Å². The molecule has 1 heterocycles. The molecule has 0 saturated carbocycles. The number of hydrogen-bond donors (Lipinski definition) is 1. The van der Waals surface area contributed by atoms with Gasteiger partial charge in [0, 0.05) is 23.3 Å². The zero-order chi connectivity index (χ0) is 19.4. The van der Waals surface area contributed by atoms with Crippen molar-refractivity contribution in [1.29, 1.82) is 0 Å². The number of carboxylic acids is 1. The van der Waals surface area contributed by atoms with Gasteiger partial charge >= 0.3 is 5.97 Å². The highest BCUT2D eigenvalue weighted by Gasteiger charge is 2.17. The topological polar surface area (TPSA) is 77.8 Å². The lowest BCUT2D eigenvalue weighted by atomic mass is 10.1. The number of fused-ring (bicyclic) bond motifs is 1. The van der Waals surface area contributed by atoms with Crippen LogP contribution in [0.15, 0.2) is 48.5 Å². The highest BCUT2D eigenvalue weighted by atomic mass is 16.7. The monoisotopic (exact) mass is 367 g/mol. The van der Waals surface area contributed by atoms with E-state index in [1.54, 1.807) is 41.0 Å². The number of aromatic nitrogens is 1. The summed E-state index contributed by atoms with van der Waals surface area (Å²) in [7, 11) is 0. The average Bonchev–Trinajstić information content (AvgIpc) is 2.98. The van der Waals surface area contributed by atoms with E-state index in [0.717, 1.165) is 11.1 Å². The van der Waals surface area contributed by atoms with Crippen LogP contribution in [0.3, 0.4) is 0 Å². The summed E-state index contributed by atoms with van der Waals surface area (Å²) < 4.78 is 12.2. The molecule has 3 aromatic rings. The summed E-state index contributed by atoms with van der Waals surface area (Å²) in [4.78, 5) is 24.1. The van der Waals surface area contributed by atoms with Crippen LogP contribution in [0.2, 0.25) is 0 Å². The molecule has 0 fully saturated rings. The molecule has 1 N–H and O–H groups in total. The second-order valence-electron chi connectivity index (χ2n) is 6.13. The third kappa shape index (κ3) is 4.01. The van der Waals surface area contributed by atoms with E-state index in [2.05, 4.69) is 0 Å². The van der Waals surface area contributed by atoms with Crippen LogP contribution >= 0.6 is 0 Å². The van der Waals surface area contributed by atoms with E-state index >= 15 is 0 Å². The van der Waals surface area contributed by atoms with E-state index in [4.69, 9.17) is 14.6 Å². The van der Waals surface area contributed by atoms with E-state index < -0.39 is 5.97 Å².